The van der Waals surface area contributed by atoms with E-state index in [1.165, 1.54) is 11.3 Å². The zero-order chi connectivity index (χ0) is 19.5. The van der Waals surface area contributed by atoms with Crippen molar-refractivity contribution >= 4 is 33.2 Å². The van der Waals surface area contributed by atoms with Crippen molar-refractivity contribution in [3.05, 3.63) is 71.1 Å². The molecule has 0 spiro atoms. The van der Waals surface area contributed by atoms with Crippen LogP contribution in [0, 0.1) is 0 Å². The summed E-state index contributed by atoms with van der Waals surface area (Å²) in [6, 6.07) is 18.7. The number of carbonyl (C=O) groups excluding carboxylic acids is 2. The van der Waals surface area contributed by atoms with Gasteiger partial charge in [-0.05, 0) is 23.1 Å². The highest BCUT2D eigenvalue weighted by Crippen LogP contribution is 2.27. The largest absolute Gasteiger partial charge is 0.335 e. The molecule has 1 fully saturated rings. The maximum Gasteiger partial charge on any atom is 0.265 e. The molecule has 1 aromatic heterocycles. The molecule has 1 aliphatic rings. The summed E-state index contributed by atoms with van der Waals surface area (Å²) in [6.07, 6.45) is 0. The number of carbonyl (C=O) groups is 2. The van der Waals surface area contributed by atoms with Crippen LogP contribution in [0.5, 0.6) is 0 Å². The van der Waals surface area contributed by atoms with Gasteiger partial charge in [-0.2, -0.15) is 0 Å². The zero-order valence-corrected chi connectivity index (χ0v) is 16.1. The molecule has 1 unspecified atom stereocenters. The summed E-state index contributed by atoms with van der Waals surface area (Å²) >= 11 is 1.51. The van der Waals surface area contributed by atoms with Crippen LogP contribution in [-0.4, -0.2) is 53.0 Å². The van der Waals surface area contributed by atoms with Gasteiger partial charge >= 0.3 is 0 Å². The highest BCUT2D eigenvalue weighted by Gasteiger charge is 2.32. The van der Waals surface area contributed by atoms with Crippen molar-refractivity contribution in [3.63, 3.8) is 0 Å². The van der Waals surface area contributed by atoms with Crippen LogP contribution < -0.4 is 5.48 Å². The molecule has 2 aromatic carbocycles. The second kappa shape index (κ2) is 8.10. The number of nitrogens with one attached hydrogen (secondary N) is 1. The number of nitrogens with zero attached hydrogens (tertiary/aromatic N) is 2. The predicted molar refractivity (Wildman–Crippen MR) is 108 cm³/mol. The third-order valence-electron chi connectivity index (χ3n) is 5.08. The molecule has 7 heteroatoms. The third-order valence-corrected chi connectivity index (χ3v) is 6.18. The molecule has 0 aliphatic carbocycles. The maximum atomic E-state index is 12.9. The lowest BCUT2D eigenvalue weighted by molar-refractivity contribution is -0.135. The molecule has 1 saturated heterocycles. The van der Waals surface area contributed by atoms with Crippen LogP contribution >= 0.6 is 11.3 Å². The van der Waals surface area contributed by atoms with Gasteiger partial charge in [0.25, 0.3) is 11.8 Å². The van der Waals surface area contributed by atoms with Gasteiger partial charge in [0.05, 0.1) is 4.88 Å². The number of hydrogen-bond acceptors (Lipinski definition) is 5. The Balaban J connectivity index is 1.47. The smallest absolute Gasteiger partial charge is 0.265 e. The minimum atomic E-state index is -0.576. The number of benzene rings is 2. The first-order valence-corrected chi connectivity index (χ1v) is 10.00. The first-order valence-electron chi connectivity index (χ1n) is 9.18. The summed E-state index contributed by atoms with van der Waals surface area (Å²) in [7, 11) is 0. The molecule has 28 heavy (non-hydrogen) atoms. The Hall–Kier alpha value is -2.74. The van der Waals surface area contributed by atoms with Crippen LogP contribution in [0.25, 0.3) is 10.1 Å². The highest BCUT2D eigenvalue weighted by molar-refractivity contribution is 7.20. The summed E-state index contributed by atoms with van der Waals surface area (Å²) in [5, 5.41) is 10.2. The molecule has 0 saturated carbocycles. The van der Waals surface area contributed by atoms with E-state index >= 15 is 0 Å². The molecule has 3 aromatic rings. The topological polar surface area (TPSA) is 72.9 Å². The Kier molecular flexibility index (Phi) is 5.38. The third kappa shape index (κ3) is 3.64. The van der Waals surface area contributed by atoms with Crippen LogP contribution in [0.3, 0.4) is 0 Å². The van der Waals surface area contributed by atoms with Crippen LogP contribution in [-0.2, 0) is 4.79 Å². The number of hydroxylamine groups is 1. The second-order valence-electron chi connectivity index (χ2n) is 6.77. The van der Waals surface area contributed by atoms with Gasteiger partial charge in [-0.15, -0.1) is 11.3 Å². The molecule has 4 rings (SSSR count). The lowest BCUT2D eigenvalue weighted by Crippen LogP contribution is -2.52. The first-order chi connectivity index (χ1) is 13.7. The monoisotopic (exact) mass is 395 g/mol. The van der Waals surface area contributed by atoms with Gasteiger partial charge in [0.1, 0.15) is 6.04 Å². The molecular weight excluding hydrogens is 374 g/mol. The lowest BCUT2D eigenvalue weighted by Gasteiger charge is -2.38. The van der Waals surface area contributed by atoms with Crippen LogP contribution in [0.15, 0.2) is 60.7 Å². The van der Waals surface area contributed by atoms with E-state index in [1.54, 1.807) is 5.48 Å². The van der Waals surface area contributed by atoms with Gasteiger partial charge < -0.3 is 4.90 Å². The van der Waals surface area contributed by atoms with Gasteiger partial charge in [0.15, 0.2) is 0 Å². The quantitative estimate of drug-likeness (QED) is 0.526. The standard InChI is InChI=1S/C21H21N3O3S/c25-20(22-27)19(15-6-2-1-3-7-15)23-10-12-24(13-11-23)21(26)18-14-16-8-4-5-9-17(16)28-18/h1-9,14,19,27H,10-13H2,(H,22,25). The Morgan fingerprint density at radius 1 is 0.964 bits per heavy atom. The zero-order valence-electron chi connectivity index (χ0n) is 15.2. The van der Waals surface area contributed by atoms with Crippen molar-refractivity contribution in [2.24, 2.45) is 0 Å². The van der Waals surface area contributed by atoms with Gasteiger partial charge in [0.2, 0.25) is 0 Å². The molecule has 144 valence electrons. The van der Waals surface area contributed by atoms with Crippen LogP contribution in [0.1, 0.15) is 21.3 Å². The molecular formula is C21H21N3O3S. The Morgan fingerprint density at radius 2 is 1.64 bits per heavy atom. The lowest BCUT2D eigenvalue weighted by atomic mass is 10.0. The average Bonchev–Trinajstić information content (AvgIpc) is 3.19. The minimum absolute atomic E-state index is 0.0312. The van der Waals surface area contributed by atoms with E-state index < -0.39 is 11.9 Å². The fourth-order valence-electron chi connectivity index (χ4n) is 3.65. The van der Waals surface area contributed by atoms with Gasteiger partial charge in [0, 0.05) is 30.9 Å². The van der Waals surface area contributed by atoms with E-state index in [0.29, 0.717) is 26.2 Å². The van der Waals surface area contributed by atoms with E-state index in [2.05, 4.69) is 0 Å². The van der Waals surface area contributed by atoms with Gasteiger partial charge in [-0.1, -0.05) is 48.5 Å². The maximum absolute atomic E-state index is 12.9. The number of thiophene rings is 1. The Labute approximate surface area is 167 Å². The van der Waals surface area contributed by atoms with E-state index in [0.717, 1.165) is 20.5 Å². The van der Waals surface area contributed by atoms with Crippen molar-refractivity contribution in [3.8, 4) is 0 Å². The number of amides is 2. The van der Waals surface area contributed by atoms with Crippen molar-refractivity contribution < 1.29 is 14.8 Å². The molecule has 1 aliphatic heterocycles. The molecule has 6 nitrogen and oxygen atoms in total. The first kappa shape index (κ1) is 18.6. The van der Waals surface area contributed by atoms with Crippen molar-refractivity contribution in [1.29, 1.82) is 0 Å². The number of rotatable bonds is 4. The van der Waals surface area contributed by atoms with Gasteiger partial charge in [-0.3, -0.25) is 19.7 Å². The molecule has 0 bridgehead atoms. The fraction of sp³-hybridized carbons (Fsp3) is 0.238. The summed E-state index contributed by atoms with van der Waals surface area (Å²) in [6.45, 7) is 2.19. The van der Waals surface area contributed by atoms with E-state index in [9.17, 15) is 9.59 Å². The molecule has 1 atom stereocenters. The number of fused-ring (bicyclic) bond motifs is 1. The SMILES string of the molecule is O=C(NO)C(c1ccccc1)N1CCN(C(=O)c2cc3ccccc3s2)CC1. The summed E-state index contributed by atoms with van der Waals surface area (Å²) < 4.78 is 1.10. The summed E-state index contributed by atoms with van der Waals surface area (Å²) in [5.74, 6) is -0.431. The highest BCUT2D eigenvalue weighted by atomic mass is 32.1. The van der Waals surface area contributed by atoms with Crippen molar-refractivity contribution in [1.82, 2.24) is 15.3 Å². The number of hydrogen-bond donors (Lipinski definition) is 2. The predicted octanol–water partition coefficient (Wildman–Crippen LogP) is 2.91. The Bertz CT molecular complexity index is 948. The normalized spacial score (nSPS) is 16.1. The molecule has 2 N–H and O–H groups in total. The van der Waals surface area contributed by atoms with E-state index in [4.69, 9.17) is 5.21 Å². The van der Waals surface area contributed by atoms with E-state index in [-0.39, 0.29) is 5.91 Å². The average molecular weight is 395 g/mol. The number of piperazine rings is 1. The molecule has 2 amide bonds. The summed E-state index contributed by atoms with van der Waals surface area (Å²) in [4.78, 5) is 29.7. The summed E-state index contributed by atoms with van der Waals surface area (Å²) in [5.41, 5.74) is 2.59. The molecule has 2 heterocycles. The van der Waals surface area contributed by atoms with Crippen molar-refractivity contribution in [2.45, 2.75) is 6.04 Å². The van der Waals surface area contributed by atoms with Crippen LogP contribution in [0.2, 0.25) is 0 Å². The minimum Gasteiger partial charge on any atom is -0.335 e. The van der Waals surface area contributed by atoms with Crippen LogP contribution in [0.4, 0.5) is 0 Å². The van der Waals surface area contributed by atoms with Gasteiger partial charge in [-0.25, -0.2) is 5.48 Å². The Morgan fingerprint density at radius 3 is 2.32 bits per heavy atom. The molecule has 0 radical (unpaired) electrons. The second-order valence-corrected chi connectivity index (χ2v) is 7.85. The fourth-order valence-corrected chi connectivity index (χ4v) is 4.68. The van der Waals surface area contributed by atoms with Crippen molar-refractivity contribution in [2.75, 3.05) is 26.2 Å². The van der Waals surface area contributed by atoms with E-state index in [1.807, 2.05) is 70.5 Å².